The maximum absolute atomic E-state index is 11.5. The number of nitrogens with one attached hydrogen (secondary N) is 1. The van der Waals surface area contributed by atoms with Crippen LogP contribution in [0, 0.1) is 0 Å². The maximum Gasteiger partial charge on any atom is 0.307 e. The summed E-state index contributed by atoms with van der Waals surface area (Å²) in [6, 6.07) is 14.5. The van der Waals surface area contributed by atoms with E-state index >= 15 is 0 Å². The minimum Gasteiger partial charge on any atom is -0.466 e. The molecule has 3 N–H and O–H groups in total. The fraction of sp³-hybridized carbons (Fsp3) is 0.353. The Hall–Kier alpha value is -1.91. The zero-order chi connectivity index (χ0) is 15.1. The molecule has 112 valence electrons. The summed E-state index contributed by atoms with van der Waals surface area (Å²) in [5.74, 6) is -0.209. The van der Waals surface area contributed by atoms with Gasteiger partial charge in [-0.25, -0.2) is 0 Å². The van der Waals surface area contributed by atoms with Gasteiger partial charge in [-0.1, -0.05) is 36.4 Å². The van der Waals surface area contributed by atoms with E-state index in [2.05, 4.69) is 35.6 Å². The minimum atomic E-state index is -0.209. The van der Waals surface area contributed by atoms with E-state index in [0.717, 1.165) is 0 Å². The van der Waals surface area contributed by atoms with Gasteiger partial charge in [0, 0.05) is 19.1 Å². The zero-order valence-corrected chi connectivity index (χ0v) is 12.3. The van der Waals surface area contributed by atoms with Crippen molar-refractivity contribution < 1.29 is 9.53 Å². The first-order valence-electron chi connectivity index (χ1n) is 7.29. The molecule has 4 nitrogen and oxygen atoms in total. The number of fused-ring (bicyclic) bond motifs is 1. The summed E-state index contributed by atoms with van der Waals surface area (Å²) >= 11 is 0. The molecule has 0 bridgehead atoms. The molecule has 4 heteroatoms. The molecule has 0 saturated heterocycles. The lowest BCUT2D eigenvalue weighted by Crippen LogP contribution is -2.37. The van der Waals surface area contributed by atoms with Gasteiger partial charge in [0.1, 0.15) is 0 Å². The van der Waals surface area contributed by atoms with Crippen LogP contribution in [0.15, 0.2) is 42.5 Å². The molecular weight excluding hydrogens is 264 g/mol. The summed E-state index contributed by atoms with van der Waals surface area (Å²) in [4.78, 5) is 11.5. The van der Waals surface area contributed by atoms with Crippen LogP contribution in [-0.4, -0.2) is 25.2 Å². The van der Waals surface area contributed by atoms with Gasteiger partial charge in [0.2, 0.25) is 0 Å². The van der Waals surface area contributed by atoms with Gasteiger partial charge in [0.05, 0.1) is 13.0 Å². The van der Waals surface area contributed by atoms with E-state index in [9.17, 15) is 4.79 Å². The summed E-state index contributed by atoms with van der Waals surface area (Å²) in [5, 5.41) is 5.75. The largest absolute Gasteiger partial charge is 0.466 e. The normalized spacial score (nSPS) is 12.3. The summed E-state index contributed by atoms with van der Waals surface area (Å²) in [6.07, 6.45) is 0.303. The molecule has 0 aliphatic heterocycles. The number of carbonyl (C=O) groups excluding carboxylic acids is 1. The molecule has 0 heterocycles. The van der Waals surface area contributed by atoms with Crippen molar-refractivity contribution in [2.75, 3.05) is 13.2 Å². The molecule has 0 amide bonds. The van der Waals surface area contributed by atoms with Crippen LogP contribution in [0.4, 0.5) is 0 Å². The number of rotatable bonds is 7. The minimum absolute atomic E-state index is 0.0597. The molecule has 0 aliphatic carbocycles. The predicted molar refractivity (Wildman–Crippen MR) is 84.9 cm³/mol. The molecule has 0 aliphatic rings. The molecule has 2 aromatic carbocycles. The van der Waals surface area contributed by atoms with Crippen molar-refractivity contribution in [3.05, 3.63) is 48.0 Å². The number of hydrogen-bond donors (Lipinski definition) is 2. The third-order valence-corrected chi connectivity index (χ3v) is 3.41. The summed E-state index contributed by atoms with van der Waals surface area (Å²) in [5.41, 5.74) is 6.88. The van der Waals surface area contributed by atoms with Crippen LogP contribution in [0.5, 0.6) is 0 Å². The summed E-state index contributed by atoms with van der Waals surface area (Å²) < 4.78 is 4.95. The van der Waals surface area contributed by atoms with Crippen LogP contribution in [-0.2, 0) is 16.1 Å². The second-order valence-corrected chi connectivity index (χ2v) is 5.00. The number of esters is 1. The van der Waals surface area contributed by atoms with Gasteiger partial charge in [-0.2, -0.15) is 0 Å². The molecule has 2 aromatic rings. The Bertz CT molecular complexity index is 598. The highest BCUT2D eigenvalue weighted by atomic mass is 16.5. The highest BCUT2D eigenvalue weighted by molar-refractivity contribution is 5.82. The Kier molecular flexibility index (Phi) is 5.72. The standard InChI is InChI=1S/C17H22N2O2/c1-2-21-17(20)10-16(11-18)19-12-13-7-8-14-5-3-4-6-15(14)9-13/h3-9,16,19H,2,10-12,18H2,1H3. The number of ether oxygens (including phenoxy) is 1. The van der Waals surface area contributed by atoms with Crippen molar-refractivity contribution in [1.82, 2.24) is 5.32 Å². The molecular formula is C17H22N2O2. The van der Waals surface area contributed by atoms with Gasteiger partial charge in [-0.05, 0) is 29.3 Å². The molecule has 0 spiro atoms. The fourth-order valence-electron chi connectivity index (χ4n) is 2.27. The van der Waals surface area contributed by atoms with E-state index < -0.39 is 0 Å². The highest BCUT2D eigenvalue weighted by Crippen LogP contribution is 2.15. The molecule has 21 heavy (non-hydrogen) atoms. The van der Waals surface area contributed by atoms with Gasteiger partial charge in [-0.3, -0.25) is 4.79 Å². The van der Waals surface area contributed by atoms with E-state index in [-0.39, 0.29) is 12.0 Å². The van der Waals surface area contributed by atoms with Crippen molar-refractivity contribution in [2.45, 2.75) is 25.9 Å². The number of hydrogen-bond acceptors (Lipinski definition) is 4. The Morgan fingerprint density at radius 3 is 2.71 bits per heavy atom. The van der Waals surface area contributed by atoms with Crippen molar-refractivity contribution in [1.29, 1.82) is 0 Å². The lowest BCUT2D eigenvalue weighted by Gasteiger charge is -2.16. The van der Waals surface area contributed by atoms with E-state index in [0.29, 0.717) is 26.1 Å². The SMILES string of the molecule is CCOC(=O)CC(CN)NCc1ccc2ccccc2c1. The van der Waals surface area contributed by atoms with Crippen LogP contribution in [0.1, 0.15) is 18.9 Å². The van der Waals surface area contributed by atoms with Crippen molar-refractivity contribution >= 4 is 16.7 Å². The van der Waals surface area contributed by atoms with Gasteiger partial charge >= 0.3 is 5.97 Å². The van der Waals surface area contributed by atoms with Gasteiger partial charge < -0.3 is 15.8 Å². The van der Waals surface area contributed by atoms with Crippen LogP contribution in [0.25, 0.3) is 10.8 Å². The molecule has 0 radical (unpaired) electrons. The number of benzene rings is 2. The van der Waals surface area contributed by atoms with Crippen LogP contribution in [0.3, 0.4) is 0 Å². The first-order valence-corrected chi connectivity index (χ1v) is 7.29. The first-order chi connectivity index (χ1) is 10.2. The first kappa shape index (κ1) is 15.5. The van der Waals surface area contributed by atoms with E-state index in [4.69, 9.17) is 10.5 Å². The molecule has 2 rings (SSSR count). The molecule has 1 atom stereocenters. The maximum atomic E-state index is 11.5. The molecule has 0 saturated carbocycles. The Balaban J connectivity index is 1.94. The second-order valence-electron chi connectivity index (χ2n) is 5.00. The monoisotopic (exact) mass is 286 g/mol. The van der Waals surface area contributed by atoms with Crippen molar-refractivity contribution in [2.24, 2.45) is 5.73 Å². The number of nitrogens with two attached hydrogens (primary N) is 1. The average molecular weight is 286 g/mol. The Morgan fingerprint density at radius 1 is 1.24 bits per heavy atom. The van der Waals surface area contributed by atoms with E-state index in [1.165, 1.54) is 16.3 Å². The number of carbonyl (C=O) groups is 1. The third kappa shape index (κ3) is 4.55. The predicted octanol–water partition coefficient (Wildman–Crippen LogP) is 2.21. The fourth-order valence-corrected chi connectivity index (χ4v) is 2.27. The summed E-state index contributed by atoms with van der Waals surface area (Å²) in [6.45, 7) is 3.30. The smallest absolute Gasteiger partial charge is 0.307 e. The molecule has 1 unspecified atom stereocenters. The van der Waals surface area contributed by atoms with Gasteiger partial charge in [0.15, 0.2) is 0 Å². The average Bonchev–Trinajstić information content (AvgIpc) is 2.51. The van der Waals surface area contributed by atoms with Crippen LogP contribution < -0.4 is 11.1 Å². The highest BCUT2D eigenvalue weighted by Gasteiger charge is 2.12. The topological polar surface area (TPSA) is 64.3 Å². The van der Waals surface area contributed by atoms with E-state index in [1.54, 1.807) is 6.92 Å². The zero-order valence-electron chi connectivity index (χ0n) is 12.3. The van der Waals surface area contributed by atoms with Crippen molar-refractivity contribution in [3.63, 3.8) is 0 Å². The molecule has 0 aromatic heterocycles. The Labute approximate surface area is 125 Å². The van der Waals surface area contributed by atoms with Crippen molar-refractivity contribution in [3.8, 4) is 0 Å². The lowest BCUT2D eigenvalue weighted by atomic mass is 10.1. The second kappa shape index (κ2) is 7.76. The van der Waals surface area contributed by atoms with Crippen LogP contribution in [0.2, 0.25) is 0 Å². The lowest BCUT2D eigenvalue weighted by molar-refractivity contribution is -0.143. The van der Waals surface area contributed by atoms with Gasteiger partial charge in [-0.15, -0.1) is 0 Å². The van der Waals surface area contributed by atoms with Gasteiger partial charge in [0.25, 0.3) is 0 Å². The van der Waals surface area contributed by atoms with E-state index in [1.807, 2.05) is 12.1 Å². The third-order valence-electron chi connectivity index (χ3n) is 3.41. The summed E-state index contributed by atoms with van der Waals surface area (Å²) in [7, 11) is 0. The quantitative estimate of drug-likeness (QED) is 0.766. The van der Waals surface area contributed by atoms with Crippen LogP contribution >= 0.6 is 0 Å². The Morgan fingerprint density at radius 2 is 2.00 bits per heavy atom. The molecule has 0 fully saturated rings.